The molecule has 0 aliphatic heterocycles. The highest BCUT2D eigenvalue weighted by molar-refractivity contribution is 5.91. The second kappa shape index (κ2) is 4.15. The summed E-state index contributed by atoms with van der Waals surface area (Å²) >= 11 is 0. The van der Waals surface area contributed by atoms with Gasteiger partial charge in [-0.1, -0.05) is 19.1 Å². The number of carbonyl (C=O) groups is 1. The zero-order valence-electron chi connectivity index (χ0n) is 8.97. The van der Waals surface area contributed by atoms with Crippen molar-refractivity contribution in [2.45, 2.75) is 19.8 Å². The van der Waals surface area contributed by atoms with Gasteiger partial charge < -0.3 is 0 Å². The van der Waals surface area contributed by atoms with Crippen molar-refractivity contribution in [2.75, 3.05) is 0 Å². The summed E-state index contributed by atoms with van der Waals surface area (Å²) in [6, 6.07) is 9.44. The van der Waals surface area contributed by atoms with Gasteiger partial charge in [-0.2, -0.15) is 5.26 Å². The number of hydrogen-bond donors (Lipinski definition) is 0. The van der Waals surface area contributed by atoms with Crippen LogP contribution in [0.15, 0.2) is 24.3 Å². The molecule has 0 spiro atoms. The average Bonchev–Trinajstić information content (AvgIpc) is 2.66. The molecule has 0 fully saturated rings. The van der Waals surface area contributed by atoms with E-state index < -0.39 is 0 Å². The molecule has 0 atom stereocenters. The largest absolute Gasteiger partial charge is 0.274 e. The standard InChI is InChI=1S/C12H11N3O/c1-2-12(16)15-10-6-4-3-5-9(10)14-11(15)7-8-13/h3-6H,2,7H2,1H3. The number of imidazole rings is 1. The molecule has 1 aromatic heterocycles. The summed E-state index contributed by atoms with van der Waals surface area (Å²) in [5.41, 5.74) is 1.54. The van der Waals surface area contributed by atoms with E-state index in [1.165, 1.54) is 0 Å². The zero-order chi connectivity index (χ0) is 11.5. The number of nitriles is 1. The zero-order valence-corrected chi connectivity index (χ0v) is 8.97. The number of carbonyl (C=O) groups excluding carboxylic acids is 1. The third kappa shape index (κ3) is 1.57. The molecule has 0 unspecified atom stereocenters. The SMILES string of the molecule is CCC(=O)n1c(CC#N)nc2ccccc21. The van der Waals surface area contributed by atoms with E-state index in [0.29, 0.717) is 12.2 Å². The van der Waals surface area contributed by atoms with Crippen molar-refractivity contribution in [1.82, 2.24) is 9.55 Å². The van der Waals surface area contributed by atoms with Gasteiger partial charge in [0.15, 0.2) is 0 Å². The molecule has 0 saturated heterocycles. The Balaban J connectivity index is 2.70. The lowest BCUT2D eigenvalue weighted by molar-refractivity contribution is 0.0911. The minimum Gasteiger partial charge on any atom is -0.274 e. The van der Waals surface area contributed by atoms with E-state index in [-0.39, 0.29) is 12.3 Å². The molecular weight excluding hydrogens is 202 g/mol. The smallest absolute Gasteiger partial charge is 0.232 e. The van der Waals surface area contributed by atoms with Crippen LogP contribution < -0.4 is 0 Å². The van der Waals surface area contributed by atoms with Crippen LogP contribution in [0.3, 0.4) is 0 Å². The fourth-order valence-corrected chi connectivity index (χ4v) is 1.70. The van der Waals surface area contributed by atoms with Gasteiger partial charge in [-0.25, -0.2) is 4.98 Å². The Morgan fingerprint density at radius 2 is 2.25 bits per heavy atom. The fraction of sp³-hybridized carbons (Fsp3) is 0.250. The maximum atomic E-state index is 11.8. The van der Waals surface area contributed by atoms with Crippen molar-refractivity contribution in [1.29, 1.82) is 5.26 Å². The van der Waals surface area contributed by atoms with Crippen molar-refractivity contribution >= 4 is 16.9 Å². The maximum absolute atomic E-state index is 11.8. The highest BCUT2D eigenvalue weighted by atomic mass is 16.2. The monoisotopic (exact) mass is 213 g/mol. The molecule has 4 nitrogen and oxygen atoms in total. The third-order valence-electron chi connectivity index (χ3n) is 2.42. The number of benzene rings is 1. The van der Waals surface area contributed by atoms with Crippen LogP contribution in [0.5, 0.6) is 0 Å². The lowest BCUT2D eigenvalue weighted by Gasteiger charge is -2.03. The maximum Gasteiger partial charge on any atom is 0.232 e. The molecule has 0 bridgehead atoms. The van der Waals surface area contributed by atoms with Crippen molar-refractivity contribution in [2.24, 2.45) is 0 Å². The van der Waals surface area contributed by atoms with Gasteiger partial charge in [-0.3, -0.25) is 9.36 Å². The summed E-state index contributed by atoms with van der Waals surface area (Å²) < 4.78 is 1.54. The van der Waals surface area contributed by atoms with Crippen molar-refractivity contribution in [3.8, 4) is 6.07 Å². The highest BCUT2D eigenvalue weighted by Crippen LogP contribution is 2.16. The van der Waals surface area contributed by atoms with Gasteiger partial charge >= 0.3 is 0 Å². The van der Waals surface area contributed by atoms with Gasteiger partial charge in [0, 0.05) is 6.42 Å². The van der Waals surface area contributed by atoms with Crippen LogP contribution in [0, 0.1) is 11.3 Å². The van der Waals surface area contributed by atoms with Crippen LogP contribution in [0.4, 0.5) is 0 Å². The predicted molar refractivity (Wildman–Crippen MR) is 60.0 cm³/mol. The minimum atomic E-state index is -0.0287. The van der Waals surface area contributed by atoms with Gasteiger partial charge in [0.1, 0.15) is 5.82 Å². The van der Waals surface area contributed by atoms with E-state index in [9.17, 15) is 4.79 Å². The first-order valence-electron chi connectivity index (χ1n) is 5.14. The number of rotatable bonds is 2. The fourth-order valence-electron chi connectivity index (χ4n) is 1.70. The Hall–Kier alpha value is -2.15. The molecule has 1 heterocycles. The Morgan fingerprint density at radius 1 is 1.50 bits per heavy atom. The molecule has 1 aromatic carbocycles. The summed E-state index contributed by atoms with van der Waals surface area (Å²) in [4.78, 5) is 16.1. The van der Waals surface area contributed by atoms with Crippen LogP contribution in [-0.4, -0.2) is 15.5 Å². The Morgan fingerprint density at radius 3 is 2.94 bits per heavy atom. The van der Waals surface area contributed by atoms with Gasteiger partial charge in [0.2, 0.25) is 5.91 Å². The summed E-state index contributed by atoms with van der Waals surface area (Å²) in [7, 11) is 0. The second-order valence-electron chi connectivity index (χ2n) is 3.43. The molecule has 0 saturated carbocycles. The Bertz CT molecular complexity index is 577. The molecule has 16 heavy (non-hydrogen) atoms. The highest BCUT2D eigenvalue weighted by Gasteiger charge is 2.14. The van der Waals surface area contributed by atoms with Crippen molar-refractivity contribution in [3.63, 3.8) is 0 Å². The molecule has 2 aromatic rings. The second-order valence-corrected chi connectivity index (χ2v) is 3.43. The first-order chi connectivity index (χ1) is 7.77. The summed E-state index contributed by atoms with van der Waals surface area (Å²) in [5, 5.41) is 8.71. The number of aromatic nitrogens is 2. The van der Waals surface area contributed by atoms with Crippen molar-refractivity contribution in [3.05, 3.63) is 30.1 Å². The predicted octanol–water partition coefficient (Wildman–Crippen LogP) is 2.15. The molecule has 0 aliphatic rings. The molecule has 2 rings (SSSR count). The third-order valence-corrected chi connectivity index (χ3v) is 2.42. The number of hydrogen-bond acceptors (Lipinski definition) is 3. The normalized spacial score (nSPS) is 10.2. The van der Waals surface area contributed by atoms with Gasteiger partial charge in [0.25, 0.3) is 0 Å². The lowest BCUT2D eigenvalue weighted by Crippen LogP contribution is -2.12. The summed E-state index contributed by atoms with van der Waals surface area (Å²) in [5.74, 6) is 0.495. The molecule has 0 amide bonds. The van der Waals surface area contributed by atoms with E-state index in [2.05, 4.69) is 4.98 Å². The molecule has 4 heteroatoms. The van der Waals surface area contributed by atoms with Gasteiger partial charge in [0.05, 0.1) is 23.5 Å². The summed E-state index contributed by atoms with van der Waals surface area (Å²) in [6.07, 6.45) is 0.555. The lowest BCUT2D eigenvalue weighted by atomic mass is 10.3. The van der Waals surface area contributed by atoms with E-state index in [1.807, 2.05) is 30.3 Å². The summed E-state index contributed by atoms with van der Waals surface area (Å²) in [6.45, 7) is 1.80. The Labute approximate surface area is 93.1 Å². The minimum absolute atomic E-state index is 0.0287. The van der Waals surface area contributed by atoms with Crippen LogP contribution >= 0.6 is 0 Å². The molecule has 0 N–H and O–H groups in total. The van der Waals surface area contributed by atoms with Crippen LogP contribution in [0.2, 0.25) is 0 Å². The van der Waals surface area contributed by atoms with E-state index >= 15 is 0 Å². The van der Waals surface area contributed by atoms with Crippen molar-refractivity contribution < 1.29 is 4.79 Å². The van der Waals surface area contributed by atoms with E-state index in [0.717, 1.165) is 11.0 Å². The van der Waals surface area contributed by atoms with Gasteiger partial charge in [-0.05, 0) is 12.1 Å². The molecule has 80 valence electrons. The molecule has 0 radical (unpaired) electrons. The number of para-hydroxylation sites is 2. The first kappa shape index (κ1) is 10.4. The van der Waals surface area contributed by atoms with Crippen LogP contribution in [0.1, 0.15) is 24.0 Å². The van der Waals surface area contributed by atoms with Crippen LogP contribution in [0.25, 0.3) is 11.0 Å². The Kier molecular flexibility index (Phi) is 2.69. The number of nitrogens with zero attached hydrogens (tertiary/aromatic N) is 3. The first-order valence-corrected chi connectivity index (χ1v) is 5.14. The molecular formula is C12H11N3O. The van der Waals surface area contributed by atoms with E-state index in [4.69, 9.17) is 5.26 Å². The van der Waals surface area contributed by atoms with Crippen LogP contribution in [-0.2, 0) is 6.42 Å². The molecule has 0 aliphatic carbocycles. The number of fused-ring (bicyclic) bond motifs is 1. The quantitative estimate of drug-likeness (QED) is 0.768. The topological polar surface area (TPSA) is 58.7 Å². The average molecular weight is 213 g/mol. The van der Waals surface area contributed by atoms with E-state index in [1.54, 1.807) is 11.5 Å². The van der Waals surface area contributed by atoms with Gasteiger partial charge in [-0.15, -0.1) is 0 Å².